The Hall–Kier alpha value is -1.16. The molecule has 1 saturated heterocycles. The highest BCUT2D eigenvalue weighted by atomic mass is 15.2. The first-order chi connectivity index (χ1) is 6.81. The molecule has 1 aromatic heterocycles. The van der Waals surface area contributed by atoms with Gasteiger partial charge < -0.3 is 10.6 Å². The molecule has 2 N–H and O–H groups in total. The quantitative estimate of drug-likeness (QED) is 0.752. The number of nitrogens with zero attached hydrogens (tertiary/aromatic N) is 3. The van der Waals surface area contributed by atoms with E-state index in [0.717, 1.165) is 30.5 Å². The predicted octanol–water partition coefficient (Wildman–Crippen LogP) is 0.781. The van der Waals surface area contributed by atoms with Crippen LogP contribution in [0.25, 0.3) is 0 Å². The molecule has 4 heteroatoms. The summed E-state index contributed by atoms with van der Waals surface area (Å²) >= 11 is 0. The van der Waals surface area contributed by atoms with Crippen LogP contribution in [-0.4, -0.2) is 23.1 Å². The van der Waals surface area contributed by atoms with E-state index in [1.807, 2.05) is 0 Å². The summed E-state index contributed by atoms with van der Waals surface area (Å²) in [4.78, 5) is 10.9. The molecule has 0 bridgehead atoms. The van der Waals surface area contributed by atoms with Gasteiger partial charge in [-0.1, -0.05) is 6.92 Å². The van der Waals surface area contributed by atoms with Crippen molar-refractivity contribution >= 4 is 5.82 Å². The molecule has 1 aliphatic heterocycles. The Morgan fingerprint density at radius 3 is 2.93 bits per heavy atom. The fourth-order valence-corrected chi connectivity index (χ4v) is 1.90. The highest BCUT2D eigenvalue weighted by Crippen LogP contribution is 2.23. The lowest BCUT2D eigenvalue weighted by Gasteiger charge is -2.18. The maximum atomic E-state index is 5.62. The molecule has 1 aliphatic rings. The molecule has 4 nitrogen and oxygen atoms in total. The van der Waals surface area contributed by atoms with Crippen molar-refractivity contribution in [3.8, 4) is 0 Å². The average molecular weight is 192 g/mol. The van der Waals surface area contributed by atoms with Gasteiger partial charge in [0.1, 0.15) is 0 Å². The SMILES string of the molecule is CC1CCN(c2nccnc2CN)C1. The van der Waals surface area contributed by atoms with E-state index in [1.165, 1.54) is 6.42 Å². The highest BCUT2D eigenvalue weighted by molar-refractivity contribution is 5.43. The van der Waals surface area contributed by atoms with Crippen LogP contribution in [0.3, 0.4) is 0 Å². The number of aromatic nitrogens is 2. The third-order valence-electron chi connectivity index (χ3n) is 2.67. The van der Waals surface area contributed by atoms with E-state index in [1.54, 1.807) is 12.4 Å². The Labute approximate surface area is 84.2 Å². The number of nitrogens with two attached hydrogens (primary N) is 1. The first-order valence-corrected chi connectivity index (χ1v) is 5.06. The molecule has 76 valence electrons. The minimum atomic E-state index is 0.466. The zero-order chi connectivity index (χ0) is 9.97. The lowest BCUT2D eigenvalue weighted by molar-refractivity contribution is 0.658. The van der Waals surface area contributed by atoms with Gasteiger partial charge in [-0.2, -0.15) is 0 Å². The van der Waals surface area contributed by atoms with Crippen LogP contribution in [0.15, 0.2) is 12.4 Å². The predicted molar refractivity (Wildman–Crippen MR) is 55.9 cm³/mol. The average Bonchev–Trinajstić information content (AvgIpc) is 2.65. The van der Waals surface area contributed by atoms with Crippen LogP contribution in [-0.2, 0) is 6.54 Å². The van der Waals surface area contributed by atoms with Gasteiger partial charge in [-0.05, 0) is 12.3 Å². The monoisotopic (exact) mass is 192 g/mol. The molecule has 2 heterocycles. The van der Waals surface area contributed by atoms with Crippen LogP contribution in [0.4, 0.5) is 5.82 Å². The van der Waals surface area contributed by atoms with Crippen molar-refractivity contribution < 1.29 is 0 Å². The molecule has 1 fully saturated rings. The van der Waals surface area contributed by atoms with Crippen molar-refractivity contribution in [3.05, 3.63) is 18.1 Å². The zero-order valence-corrected chi connectivity index (χ0v) is 8.48. The minimum Gasteiger partial charge on any atom is -0.355 e. The molecular weight excluding hydrogens is 176 g/mol. The van der Waals surface area contributed by atoms with Crippen molar-refractivity contribution in [2.75, 3.05) is 18.0 Å². The fourth-order valence-electron chi connectivity index (χ4n) is 1.90. The van der Waals surface area contributed by atoms with Gasteiger partial charge in [0, 0.05) is 32.0 Å². The van der Waals surface area contributed by atoms with Crippen LogP contribution in [0, 0.1) is 5.92 Å². The summed E-state index contributed by atoms with van der Waals surface area (Å²) in [6.07, 6.45) is 4.67. The number of hydrogen-bond acceptors (Lipinski definition) is 4. The Morgan fingerprint density at radius 1 is 1.50 bits per heavy atom. The number of anilines is 1. The van der Waals surface area contributed by atoms with E-state index in [2.05, 4.69) is 21.8 Å². The van der Waals surface area contributed by atoms with Gasteiger partial charge in [0.15, 0.2) is 5.82 Å². The molecule has 14 heavy (non-hydrogen) atoms. The summed E-state index contributed by atoms with van der Waals surface area (Å²) in [6, 6.07) is 0. The normalized spacial score (nSPS) is 21.6. The van der Waals surface area contributed by atoms with Crippen LogP contribution in [0.1, 0.15) is 19.0 Å². The van der Waals surface area contributed by atoms with Crippen molar-refractivity contribution in [1.29, 1.82) is 0 Å². The number of hydrogen-bond donors (Lipinski definition) is 1. The van der Waals surface area contributed by atoms with Gasteiger partial charge in [0.05, 0.1) is 5.69 Å². The smallest absolute Gasteiger partial charge is 0.151 e. The van der Waals surface area contributed by atoms with E-state index in [0.29, 0.717) is 6.54 Å². The topological polar surface area (TPSA) is 55.0 Å². The second-order valence-corrected chi connectivity index (χ2v) is 3.87. The van der Waals surface area contributed by atoms with Crippen molar-refractivity contribution in [1.82, 2.24) is 9.97 Å². The molecule has 0 aromatic carbocycles. The third kappa shape index (κ3) is 1.70. The van der Waals surface area contributed by atoms with Crippen LogP contribution in [0.2, 0.25) is 0 Å². The van der Waals surface area contributed by atoms with E-state index < -0.39 is 0 Å². The largest absolute Gasteiger partial charge is 0.355 e. The molecule has 0 aliphatic carbocycles. The van der Waals surface area contributed by atoms with Crippen LogP contribution >= 0.6 is 0 Å². The maximum Gasteiger partial charge on any atom is 0.151 e. The van der Waals surface area contributed by atoms with Crippen molar-refractivity contribution in [2.24, 2.45) is 11.7 Å². The van der Waals surface area contributed by atoms with E-state index in [-0.39, 0.29) is 0 Å². The Kier molecular flexibility index (Phi) is 2.63. The molecule has 0 spiro atoms. The summed E-state index contributed by atoms with van der Waals surface area (Å²) < 4.78 is 0. The van der Waals surface area contributed by atoms with Gasteiger partial charge >= 0.3 is 0 Å². The summed E-state index contributed by atoms with van der Waals surface area (Å²) in [5, 5.41) is 0. The van der Waals surface area contributed by atoms with Gasteiger partial charge in [-0.15, -0.1) is 0 Å². The third-order valence-corrected chi connectivity index (χ3v) is 2.67. The van der Waals surface area contributed by atoms with E-state index in [9.17, 15) is 0 Å². The fraction of sp³-hybridized carbons (Fsp3) is 0.600. The molecular formula is C10H16N4. The highest BCUT2D eigenvalue weighted by Gasteiger charge is 2.21. The summed E-state index contributed by atoms with van der Waals surface area (Å²) in [5.41, 5.74) is 6.53. The second-order valence-electron chi connectivity index (χ2n) is 3.87. The van der Waals surface area contributed by atoms with Gasteiger partial charge in [0.2, 0.25) is 0 Å². The first-order valence-electron chi connectivity index (χ1n) is 5.06. The van der Waals surface area contributed by atoms with Crippen LogP contribution in [0.5, 0.6) is 0 Å². The summed E-state index contributed by atoms with van der Waals surface area (Å²) in [7, 11) is 0. The van der Waals surface area contributed by atoms with Crippen molar-refractivity contribution in [3.63, 3.8) is 0 Å². The van der Waals surface area contributed by atoms with E-state index >= 15 is 0 Å². The minimum absolute atomic E-state index is 0.466. The lowest BCUT2D eigenvalue weighted by Crippen LogP contribution is -2.23. The molecule has 0 amide bonds. The first kappa shape index (κ1) is 9.40. The maximum absolute atomic E-state index is 5.62. The zero-order valence-electron chi connectivity index (χ0n) is 8.48. The molecule has 0 saturated carbocycles. The van der Waals surface area contributed by atoms with Gasteiger partial charge in [0.25, 0.3) is 0 Å². The lowest BCUT2D eigenvalue weighted by atomic mass is 10.2. The number of rotatable bonds is 2. The summed E-state index contributed by atoms with van der Waals surface area (Å²) in [6.45, 7) is 4.88. The Morgan fingerprint density at radius 2 is 2.29 bits per heavy atom. The molecule has 2 rings (SSSR count). The summed E-state index contributed by atoms with van der Waals surface area (Å²) in [5.74, 6) is 1.72. The standard InChI is InChI=1S/C10H16N4/c1-8-2-5-14(7-8)10-9(6-11)12-3-4-13-10/h3-4,8H,2,5-7,11H2,1H3. The van der Waals surface area contributed by atoms with E-state index in [4.69, 9.17) is 5.73 Å². The molecule has 0 radical (unpaired) electrons. The second kappa shape index (κ2) is 3.92. The molecule has 1 aromatic rings. The Bertz CT molecular complexity index is 313. The van der Waals surface area contributed by atoms with Crippen molar-refractivity contribution in [2.45, 2.75) is 19.9 Å². The molecule has 1 unspecified atom stereocenters. The van der Waals surface area contributed by atoms with Crippen LogP contribution < -0.4 is 10.6 Å². The Balaban J connectivity index is 2.22. The molecule has 1 atom stereocenters. The van der Waals surface area contributed by atoms with Gasteiger partial charge in [-0.25, -0.2) is 4.98 Å². The van der Waals surface area contributed by atoms with Gasteiger partial charge in [-0.3, -0.25) is 4.98 Å².